The third kappa shape index (κ3) is 7.22. The molecule has 3 N–H and O–H groups in total. The van der Waals surface area contributed by atoms with Gasteiger partial charge in [-0.25, -0.2) is 9.97 Å². The van der Waals surface area contributed by atoms with Crippen molar-refractivity contribution in [3.05, 3.63) is 64.8 Å². The first kappa shape index (κ1) is 32.6. The Morgan fingerprint density at radius 2 is 1.93 bits per heavy atom. The number of hydrogen-bond acceptors (Lipinski definition) is 8. The van der Waals surface area contributed by atoms with E-state index in [4.69, 9.17) is 9.41 Å². The molecule has 0 aliphatic carbocycles. The summed E-state index contributed by atoms with van der Waals surface area (Å²) in [4.78, 5) is 24.6. The smallest absolute Gasteiger partial charge is 0.251 e. The van der Waals surface area contributed by atoms with E-state index in [-0.39, 0.29) is 16.4 Å². The normalized spacial score (nSPS) is 18.3. The van der Waals surface area contributed by atoms with Gasteiger partial charge in [-0.3, -0.25) is 4.79 Å². The van der Waals surface area contributed by atoms with E-state index >= 15 is 0 Å². The number of aryl methyl sites for hydroxylation is 1. The summed E-state index contributed by atoms with van der Waals surface area (Å²) in [7, 11) is -1.96. The number of carbonyl (C=O) groups excluding carboxylic acids is 1. The summed E-state index contributed by atoms with van der Waals surface area (Å²) in [6.45, 7) is 20.5. The highest BCUT2D eigenvalue weighted by atomic mass is 28.4. The molecule has 0 saturated carbocycles. The predicted octanol–water partition coefficient (Wildman–Crippen LogP) is 6.60. The zero-order valence-electron chi connectivity index (χ0n) is 27.8. The molecule has 5 rings (SSSR count). The van der Waals surface area contributed by atoms with Crippen LogP contribution in [0.1, 0.15) is 67.6 Å². The molecule has 0 spiro atoms. The second-order valence-electron chi connectivity index (χ2n) is 14.2. The van der Waals surface area contributed by atoms with Gasteiger partial charge in [0.1, 0.15) is 6.07 Å². The number of nitrogens with zero attached hydrogens (tertiary/aromatic N) is 4. The number of amides is 1. The summed E-state index contributed by atoms with van der Waals surface area (Å²) in [5, 5.41) is 20.0. The van der Waals surface area contributed by atoms with Gasteiger partial charge < -0.3 is 25.3 Å². The topological polar surface area (TPSA) is 115 Å². The van der Waals surface area contributed by atoms with Crippen LogP contribution in [0.4, 0.5) is 17.3 Å². The van der Waals surface area contributed by atoms with Gasteiger partial charge in [-0.15, -0.1) is 0 Å². The molecule has 0 unspecified atom stereocenters. The van der Waals surface area contributed by atoms with Gasteiger partial charge in [0.25, 0.3) is 5.91 Å². The Morgan fingerprint density at radius 3 is 2.64 bits per heavy atom. The molecule has 0 bridgehead atoms. The molecule has 238 valence electrons. The average Bonchev–Trinajstić information content (AvgIpc) is 3.64. The highest BCUT2D eigenvalue weighted by Gasteiger charge is 2.42. The van der Waals surface area contributed by atoms with Crippen molar-refractivity contribution in [1.29, 1.82) is 5.26 Å². The lowest BCUT2D eigenvalue weighted by Gasteiger charge is -2.39. The first-order valence-corrected chi connectivity index (χ1v) is 18.9. The minimum absolute atomic E-state index is 0.0942. The van der Waals surface area contributed by atoms with Crippen molar-refractivity contribution in [2.45, 2.75) is 71.0 Å². The van der Waals surface area contributed by atoms with Crippen LogP contribution in [0.3, 0.4) is 0 Å². The Kier molecular flexibility index (Phi) is 9.35. The number of rotatable bonds is 10. The lowest BCUT2D eigenvalue weighted by molar-refractivity contribution is 0.0949. The first-order chi connectivity index (χ1) is 21.3. The minimum atomic E-state index is -1.96. The molecule has 1 fully saturated rings. The predicted molar refractivity (Wildman–Crippen MR) is 184 cm³/mol. The van der Waals surface area contributed by atoms with E-state index in [2.05, 4.69) is 78.8 Å². The third-order valence-electron chi connectivity index (χ3n) is 9.73. The molecule has 1 aromatic heterocycles. The fourth-order valence-corrected chi connectivity index (χ4v) is 6.75. The molecule has 9 nitrogen and oxygen atoms in total. The van der Waals surface area contributed by atoms with Gasteiger partial charge in [0.15, 0.2) is 8.32 Å². The van der Waals surface area contributed by atoms with Gasteiger partial charge in [0, 0.05) is 54.7 Å². The summed E-state index contributed by atoms with van der Waals surface area (Å²) in [5.41, 5.74) is 6.14. The van der Waals surface area contributed by atoms with Crippen LogP contribution >= 0.6 is 0 Å². The van der Waals surface area contributed by atoms with E-state index in [0.717, 1.165) is 47.7 Å². The van der Waals surface area contributed by atoms with E-state index in [0.29, 0.717) is 42.5 Å². The number of hydrogen-bond donors (Lipinski definition) is 3. The highest BCUT2D eigenvalue weighted by molar-refractivity contribution is 6.74. The largest absolute Gasteiger partial charge is 0.416 e. The molecule has 10 heteroatoms. The molecule has 3 heterocycles. The van der Waals surface area contributed by atoms with Crippen molar-refractivity contribution >= 4 is 31.5 Å². The van der Waals surface area contributed by atoms with E-state index in [1.54, 1.807) is 6.20 Å². The van der Waals surface area contributed by atoms with E-state index < -0.39 is 8.32 Å². The van der Waals surface area contributed by atoms with Crippen LogP contribution in [-0.4, -0.2) is 68.4 Å². The van der Waals surface area contributed by atoms with Gasteiger partial charge in [-0.1, -0.05) is 33.8 Å². The first-order valence-electron chi connectivity index (χ1n) is 16.0. The van der Waals surface area contributed by atoms with E-state index in [1.165, 1.54) is 12.8 Å². The monoisotopic (exact) mass is 625 g/mol. The standard InChI is InChI=1S/C35H47N7O2Si/c1-24-10-11-25(32(43)37-14-17-42-15-8-9-16-42)20-30(24)41-33-38-13-12-29(40-33)26-18-27(21-36)31-28(19-26)35(5,22-39-31)23-44-45(6,7)34(2,3)4/h10-13,18-20,39H,8-9,14-17,22-23H2,1-7H3,(H,37,43)(H,38,40,41)/t35-/m1/s1. The van der Waals surface area contributed by atoms with Crippen LogP contribution in [0.25, 0.3) is 11.3 Å². The number of nitriles is 1. The molecule has 2 aromatic carbocycles. The number of nitrogens with one attached hydrogen (secondary N) is 3. The van der Waals surface area contributed by atoms with Gasteiger partial charge in [-0.2, -0.15) is 5.26 Å². The molecule has 2 aliphatic rings. The third-order valence-corrected chi connectivity index (χ3v) is 14.2. The maximum Gasteiger partial charge on any atom is 0.251 e. The fourth-order valence-electron chi connectivity index (χ4n) is 5.64. The van der Waals surface area contributed by atoms with Crippen molar-refractivity contribution in [1.82, 2.24) is 20.2 Å². The highest BCUT2D eigenvalue weighted by Crippen LogP contribution is 2.44. The molecule has 1 saturated heterocycles. The number of fused-ring (bicyclic) bond motifs is 1. The van der Waals surface area contributed by atoms with Crippen LogP contribution < -0.4 is 16.0 Å². The summed E-state index contributed by atoms with van der Waals surface area (Å²) in [5.74, 6) is 0.326. The molecular weight excluding hydrogens is 579 g/mol. The van der Waals surface area contributed by atoms with Crippen LogP contribution in [0.2, 0.25) is 18.1 Å². The molecule has 3 aromatic rings. The molecule has 2 aliphatic heterocycles. The molecular formula is C35H47N7O2Si. The van der Waals surface area contributed by atoms with Crippen LogP contribution in [0.5, 0.6) is 0 Å². The maximum absolute atomic E-state index is 12.9. The number of likely N-dealkylation sites (tertiary alicyclic amines) is 1. The number of carbonyl (C=O) groups is 1. The number of benzene rings is 2. The van der Waals surface area contributed by atoms with Crippen molar-refractivity contribution in [2.75, 3.05) is 50.0 Å². The molecule has 1 amide bonds. The zero-order valence-corrected chi connectivity index (χ0v) is 28.8. The Balaban J connectivity index is 1.35. The molecule has 0 radical (unpaired) electrons. The summed E-state index contributed by atoms with van der Waals surface area (Å²) < 4.78 is 6.67. The Labute approximate surface area is 268 Å². The van der Waals surface area contributed by atoms with E-state index in [1.807, 2.05) is 37.3 Å². The number of aromatic nitrogens is 2. The zero-order chi connectivity index (χ0) is 32.4. The van der Waals surface area contributed by atoms with Gasteiger partial charge in [-0.05, 0) is 92.4 Å². The molecule has 1 atom stereocenters. The minimum Gasteiger partial charge on any atom is -0.416 e. The Bertz CT molecular complexity index is 1600. The summed E-state index contributed by atoms with van der Waals surface area (Å²) in [6.07, 6.45) is 4.18. The SMILES string of the molecule is Cc1ccc(C(=O)NCCN2CCCC2)cc1Nc1nccc(-c2cc(C#N)c3c(c2)[C@@](C)(CO[Si](C)(C)C(C)(C)C)CN3)n1. The number of anilines is 3. The van der Waals surface area contributed by atoms with Gasteiger partial charge in [0.05, 0.1) is 16.9 Å². The average molecular weight is 626 g/mol. The van der Waals surface area contributed by atoms with Crippen molar-refractivity contribution in [2.24, 2.45) is 0 Å². The van der Waals surface area contributed by atoms with Gasteiger partial charge in [0.2, 0.25) is 5.95 Å². The Morgan fingerprint density at radius 1 is 1.18 bits per heavy atom. The van der Waals surface area contributed by atoms with Crippen molar-refractivity contribution in [3.63, 3.8) is 0 Å². The quantitative estimate of drug-likeness (QED) is 0.216. The van der Waals surface area contributed by atoms with Crippen LogP contribution in [0.15, 0.2) is 42.6 Å². The molecule has 45 heavy (non-hydrogen) atoms. The Hall–Kier alpha value is -3.78. The van der Waals surface area contributed by atoms with Crippen molar-refractivity contribution < 1.29 is 9.22 Å². The van der Waals surface area contributed by atoms with Crippen molar-refractivity contribution in [3.8, 4) is 17.3 Å². The summed E-state index contributed by atoms with van der Waals surface area (Å²) >= 11 is 0. The second-order valence-corrected chi connectivity index (χ2v) is 19.1. The van der Waals surface area contributed by atoms with Crippen LogP contribution in [-0.2, 0) is 9.84 Å². The lowest BCUT2D eigenvalue weighted by Crippen LogP contribution is -2.45. The van der Waals surface area contributed by atoms with E-state index in [9.17, 15) is 10.1 Å². The van der Waals surface area contributed by atoms with Gasteiger partial charge >= 0.3 is 0 Å². The lowest BCUT2D eigenvalue weighted by atomic mass is 9.83. The second kappa shape index (κ2) is 12.9. The van der Waals surface area contributed by atoms with Crippen LogP contribution in [0, 0.1) is 18.3 Å². The fraction of sp³-hybridized carbons (Fsp3) is 0.486. The maximum atomic E-state index is 12.9. The summed E-state index contributed by atoms with van der Waals surface area (Å²) in [6, 6.07) is 13.9.